The molecule has 1 aromatic heterocycles. The number of hydrogen-bond acceptors (Lipinski definition) is 8. The molecular weight excluding hydrogens is 516 g/mol. The highest BCUT2D eigenvalue weighted by Gasteiger charge is 2.35. The summed E-state index contributed by atoms with van der Waals surface area (Å²) in [5.41, 5.74) is 1.94. The highest BCUT2D eigenvalue weighted by atomic mass is 32.1. The summed E-state index contributed by atoms with van der Waals surface area (Å²) in [6.07, 6.45) is 1.48. The lowest BCUT2D eigenvalue weighted by Gasteiger charge is -2.26. The molecule has 206 valence electrons. The number of carbonyl (C=O) groups is 1. The van der Waals surface area contributed by atoms with Crippen LogP contribution >= 0.6 is 11.3 Å². The number of aromatic nitrogens is 1. The van der Waals surface area contributed by atoms with E-state index in [1.54, 1.807) is 53.2 Å². The van der Waals surface area contributed by atoms with Crippen LogP contribution in [0.25, 0.3) is 6.08 Å². The van der Waals surface area contributed by atoms with Crippen molar-refractivity contribution in [3.63, 3.8) is 0 Å². The Bertz CT molecular complexity index is 1560. The van der Waals surface area contributed by atoms with Crippen LogP contribution in [0.15, 0.2) is 63.5 Å². The minimum atomic E-state index is -0.813. The molecule has 2 heterocycles. The van der Waals surface area contributed by atoms with E-state index in [0.29, 0.717) is 44.6 Å². The van der Waals surface area contributed by atoms with Crippen molar-refractivity contribution in [2.45, 2.75) is 46.8 Å². The molecule has 1 aliphatic rings. The van der Waals surface area contributed by atoms with Crippen molar-refractivity contribution >= 4 is 23.4 Å². The minimum absolute atomic E-state index is 0.267. The molecule has 9 heteroatoms. The average molecular weight is 551 g/mol. The van der Waals surface area contributed by atoms with E-state index in [1.165, 1.54) is 15.9 Å². The zero-order valence-corrected chi connectivity index (χ0v) is 24.1. The molecule has 2 aromatic carbocycles. The fraction of sp³-hybridized carbons (Fsp3) is 0.367. The molecule has 1 atom stereocenters. The van der Waals surface area contributed by atoms with E-state index in [-0.39, 0.29) is 17.2 Å². The number of carbonyl (C=O) groups excluding carboxylic acids is 1. The summed E-state index contributed by atoms with van der Waals surface area (Å²) in [5.74, 6) is 1.74. The number of methoxy groups -OCH3 is 2. The SMILES string of the molecule is COc1ccc(OC)c([C@@H]2C(C(=O)OC(C)C)=C(C)N=c3s/c(=C\c4ccc(OCC(C)C)cc4)c(=O)n32)c1. The van der Waals surface area contributed by atoms with E-state index < -0.39 is 12.0 Å². The molecule has 3 aromatic rings. The van der Waals surface area contributed by atoms with E-state index in [9.17, 15) is 9.59 Å². The first-order valence-corrected chi connectivity index (χ1v) is 13.6. The van der Waals surface area contributed by atoms with Gasteiger partial charge in [0, 0.05) is 5.56 Å². The molecule has 0 bridgehead atoms. The van der Waals surface area contributed by atoms with Crippen LogP contribution in [0.2, 0.25) is 0 Å². The summed E-state index contributed by atoms with van der Waals surface area (Å²) in [7, 11) is 3.11. The van der Waals surface area contributed by atoms with Gasteiger partial charge in [-0.2, -0.15) is 0 Å². The van der Waals surface area contributed by atoms with E-state index >= 15 is 0 Å². The third-order valence-corrected chi connectivity index (χ3v) is 7.06. The van der Waals surface area contributed by atoms with Crippen LogP contribution < -0.4 is 29.1 Å². The van der Waals surface area contributed by atoms with E-state index in [4.69, 9.17) is 18.9 Å². The molecule has 0 saturated heterocycles. The molecule has 0 amide bonds. The monoisotopic (exact) mass is 550 g/mol. The highest BCUT2D eigenvalue weighted by molar-refractivity contribution is 7.07. The second-order valence-electron chi connectivity index (χ2n) is 9.92. The van der Waals surface area contributed by atoms with Gasteiger partial charge in [0.1, 0.15) is 23.3 Å². The standard InChI is InChI=1S/C30H34N2O6S/c1-17(2)16-37-21-10-8-20(9-11-21)14-25-28(33)32-27(23-15-22(35-6)12-13-24(23)36-7)26(29(34)38-18(3)4)19(5)31-30(32)39-25/h8-15,17-18,27H,16H2,1-7H3/b25-14-/t27-/m1/s1. The normalized spacial score (nSPS) is 15.3. The summed E-state index contributed by atoms with van der Waals surface area (Å²) >= 11 is 1.27. The Morgan fingerprint density at radius 1 is 1.05 bits per heavy atom. The third-order valence-electron chi connectivity index (χ3n) is 6.08. The fourth-order valence-corrected chi connectivity index (χ4v) is 5.33. The van der Waals surface area contributed by atoms with Gasteiger partial charge in [-0.05, 0) is 68.7 Å². The van der Waals surface area contributed by atoms with Crippen LogP contribution in [0, 0.1) is 5.92 Å². The molecule has 0 saturated carbocycles. The molecule has 0 unspecified atom stereocenters. The van der Waals surface area contributed by atoms with Crippen molar-refractivity contribution in [2.24, 2.45) is 10.9 Å². The number of fused-ring (bicyclic) bond motifs is 1. The first kappa shape index (κ1) is 28.2. The molecule has 0 spiro atoms. The highest BCUT2D eigenvalue weighted by Crippen LogP contribution is 2.38. The summed E-state index contributed by atoms with van der Waals surface area (Å²) < 4.78 is 24.5. The van der Waals surface area contributed by atoms with Gasteiger partial charge in [-0.3, -0.25) is 9.36 Å². The molecule has 8 nitrogen and oxygen atoms in total. The summed E-state index contributed by atoms with van der Waals surface area (Å²) in [5, 5.41) is 0. The largest absolute Gasteiger partial charge is 0.497 e. The molecule has 0 fully saturated rings. The van der Waals surface area contributed by atoms with Crippen molar-refractivity contribution in [2.75, 3.05) is 20.8 Å². The second-order valence-corrected chi connectivity index (χ2v) is 10.9. The van der Waals surface area contributed by atoms with Gasteiger partial charge < -0.3 is 18.9 Å². The lowest BCUT2D eigenvalue weighted by Crippen LogP contribution is -2.40. The van der Waals surface area contributed by atoms with Crippen LogP contribution in [0.5, 0.6) is 17.2 Å². The fourth-order valence-electron chi connectivity index (χ4n) is 4.28. The van der Waals surface area contributed by atoms with Gasteiger partial charge in [-0.25, -0.2) is 9.79 Å². The predicted molar refractivity (Wildman–Crippen MR) is 151 cm³/mol. The van der Waals surface area contributed by atoms with E-state index in [1.807, 2.05) is 30.3 Å². The van der Waals surface area contributed by atoms with Gasteiger partial charge in [-0.15, -0.1) is 0 Å². The zero-order valence-electron chi connectivity index (χ0n) is 23.3. The molecular formula is C30H34N2O6S. The van der Waals surface area contributed by atoms with Gasteiger partial charge in [0.25, 0.3) is 5.56 Å². The number of ether oxygens (including phenoxy) is 4. The Hall–Kier alpha value is -3.85. The van der Waals surface area contributed by atoms with Crippen LogP contribution in [-0.2, 0) is 9.53 Å². The van der Waals surface area contributed by atoms with E-state index in [0.717, 1.165) is 11.3 Å². The van der Waals surface area contributed by atoms with Crippen LogP contribution in [0.1, 0.15) is 51.8 Å². The number of rotatable bonds is 9. The lowest BCUT2D eigenvalue weighted by atomic mass is 9.94. The maximum Gasteiger partial charge on any atom is 0.338 e. The third kappa shape index (κ3) is 6.09. The quantitative estimate of drug-likeness (QED) is 0.371. The Morgan fingerprint density at radius 2 is 1.74 bits per heavy atom. The van der Waals surface area contributed by atoms with E-state index in [2.05, 4.69) is 18.8 Å². The molecule has 0 aliphatic carbocycles. The molecule has 39 heavy (non-hydrogen) atoms. The van der Waals surface area contributed by atoms with Crippen molar-refractivity contribution in [3.8, 4) is 17.2 Å². The molecule has 0 N–H and O–H groups in total. The Kier molecular flexibility index (Phi) is 8.60. The molecule has 0 radical (unpaired) electrons. The number of allylic oxidation sites excluding steroid dienone is 1. The Labute approximate surface area is 231 Å². The number of benzene rings is 2. The maximum absolute atomic E-state index is 13.9. The Morgan fingerprint density at radius 3 is 2.36 bits per heavy atom. The lowest BCUT2D eigenvalue weighted by molar-refractivity contribution is -0.143. The smallest absolute Gasteiger partial charge is 0.338 e. The maximum atomic E-state index is 13.9. The second kappa shape index (κ2) is 11.9. The van der Waals surface area contributed by atoms with Gasteiger partial charge in [0.05, 0.1) is 42.7 Å². The summed E-state index contributed by atoms with van der Waals surface area (Å²) in [6, 6.07) is 12.1. The predicted octanol–water partition coefficient (Wildman–Crippen LogP) is 4.24. The number of thiazole rings is 1. The van der Waals surface area contributed by atoms with Crippen LogP contribution in [0.3, 0.4) is 0 Å². The van der Waals surface area contributed by atoms with Crippen LogP contribution in [0.4, 0.5) is 0 Å². The molecule has 1 aliphatic heterocycles. The number of hydrogen-bond donors (Lipinski definition) is 0. The average Bonchev–Trinajstić information content (AvgIpc) is 3.20. The van der Waals surface area contributed by atoms with Crippen LogP contribution in [-0.4, -0.2) is 37.5 Å². The summed E-state index contributed by atoms with van der Waals surface area (Å²) in [4.78, 5) is 32.4. The summed E-state index contributed by atoms with van der Waals surface area (Å²) in [6.45, 7) is 10.1. The minimum Gasteiger partial charge on any atom is -0.497 e. The van der Waals surface area contributed by atoms with Gasteiger partial charge >= 0.3 is 5.97 Å². The van der Waals surface area contributed by atoms with Crippen molar-refractivity contribution in [1.82, 2.24) is 4.57 Å². The number of esters is 1. The van der Waals surface area contributed by atoms with Crippen molar-refractivity contribution in [3.05, 3.63) is 84.5 Å². The van der Waals surface area contributed by atoms with Gasteiger partial charge in [-0.1, -0.05) is 37.3 Å². The zero-order chi connectivity index (χ0) is 28.3. The first-order chi connectivity index (χ1) is 18.6. The number of nitrogens with zero attached hydrogens (tertiary/aromatic N) is 2. The topological polar surface area (TPSA) is 88.4 Å². The van der Waals surface area contributed by atoms with Gasteiger partial charge in [0.15, 0.2) is 4.80 Å². The Balaban J connectivity index is 1.88. The molecule has 4 rings (SSSR count). The first-order valence-electron chi connectivity index (χ1n) is 12.8. The van der Waals surface area contributed by atoms with Crippen molar-refractivity contribution < 1.29 is 23.7 Å². The van der Waals surface area contributed by atoms with Crippen molar-refractivity contribution in [1.29, 1.82) is 0 Å². The van der Waals surface area contributed by atoms with Gasteiger partial charge in [0.2, 0.25) is 0 Å².